The summed E-state index contributed by atoms with van der Waals surface area (Å²) in [6.07, 6.45) is 1.31. The van der Waals surface area contributed by atoms with Gasteiger partial charge in [0.15, 0.2) is 0 Å². The molecule has 18 heavy (non-hydrogen) atoms. The van der Waals surface area contributed by atoms with Crippen molar-refractivity contribution in [1.82, 2.24) is 4.98 Å². The van der Waals surface area contributed by atoms with E-state index in [4.69, 9.17) is 0 Å². The zero-order valence-corrected chi connectivity index (χ0v) is 13.6. The Kier molecular flexibility index (Phi) is 4.84. The van der Waals surface area contributed by atoms with Crippen LogP contribution in [0.3, 0.4) is 0 Å². The number of rotatable bonds is 3. The van der Waals surface area contributed by atoms with Gasteiger partial charge in [-0.25, -0.2) is 4.98 Å². The minimum atomic E-state index is -0.468. The van der Waals surface area contributed by atoms with Crippen LogP contribution in [0.4, 0.5) is 0 Å². The molecule has 1 aromatic heterocycles. The van der Waals surface area contributed by atoms with E-state index in [1.807, 2.05) is 30.3 Å². The number of pyridine rings is 1. The molecular formula is C13H11Br2NOS. The molecule has 0 aliphatic heterocycles. The lowest BCUT2D eigenvalue weighted by molar-refractivity contribution is 0.198. The highest BCUT2D eigenvalue weighted by molar-refractivity contribution is 9.10. The van der Waals surface area contributed by atoms with Crippen LogP contribution >= 0.6 is 43.6 Å². The fourth-order valence-electron chi connectivity index (χ4n) is 1.45. The number of hydrogen-bond acceptors (Lipinski definition) is 3. The van der Waals surface area contributed by atoms with Gasteiger partial charge in [0.1, 0.15) is 5.03 Å². The Bertz CT molecular complexity index is 543. The number of aromatic nitrogens is 1. The Morgan fingerprint density at radius 3 is 2.56 bits per heavy atom. The van der Waals surface area contributed by atoms with Crippen LogP contribution in [-0.4, -0.2) is 10.1 Å². The predicted molar refractivity (Wildman–Crippen MR) is 80.8 cm³/mol. The molecule has 0 aliphatic rings. The van der Waals surface area contributed by atoms with E-state index in [9.17, 15) is 5.11 Å². The highest BCUT2D eigenvalue weighted by atomic mass is 79.9. The zero-order valence-electron chi connectivity index (χ0n) is 9.60. The van der Waals surface area contributed by atoms with Crippen molar-refractivity contribution in [2.45, 2.75) is 22.9 Å². The molecule has 2 aromatic rings. The first-order valence-electron chi connectivity index (χ1n) is 5.33. The Morgan fingerprint density at radius 2 is 2.00 bits per heavy atom. The number of aliphatic hydroxyl groups is 1. The van der Waals surface area contributed by atoms with Gasteiger partial charge in [-0.3, -0.25) is 0 Å². The van der Waals surface area contributed by atoms with Crippen molar-refractivity contribution in [3.63, 3.8) is 0 Å². The minimum absolute atomic E-state index is 0.468. The Balaban J connectivity index is 2.20. The van der Waals surface area contributed by atoms with Crippen molar-refractivity contribution in [1.29, 1.82) is 0 Å². The summed E-state index contributed by atoms with van der Waals surface area (Å²) >= 11 is 8.42. The number of hydrogen-bond donors (Lipinski definition) is 1. The monoisotopic (exact) mass is 387 g/mol. The third-order valence-corrected chi connectivity index (χ3v) is 4.44. The molecule has 0 saturated heterocycles. The summed E-state index contributed by atoms with van der Waals surface area (Å²) in [5, 5.41) is 10.5. The molecule has 1 heterocycles. The van der Waals surface area contributed by atoms with Gasteiger partial charge in [-0.2, -0.15) is 0 Å². The summed E-state index contributed by atoms with van der Waals surface area (Å²) in [6, 6.07) is 9.84. The molecule has 1 aromatic carbocycles. The second-order valence-corrected chi connectivity index (χ2v) is 6.64. The van der Waals surface area contributed by atoms with Gasteiger partial charge in [-0.05, 0) is 52.7 Å². The summed E-state index contributed by atoms with van der Waals surface area (Å²) in [6.45, 7) is 1.75. The van der Waals surface area contributed by atoms with E-state index in [0.717, 1.165) is 24.4 Å². The molecule has 0 amide bonds. The first-order chi connectivity index (χ1) is 8.56. The lowest BCUT2D eigenvalue weighted by atomic mass is 10.1. The molecule has 0 unspecified atom stereocenters. The molecule has 1 atom stereocenters. The standard InChI is InChI=1S/C13H11Br2NOS/c1-8(17)11-4-3-10(6-12(11)15)18-13-5-2-9(14)7-16-13/h2-8,17H,1H3/t8-/m0/s1. The van der Waals surface area contributed by atoms with Crippen LogP contribution in [0, 0.1) is 0 Å². The molecule has 2 nitrogen and oxygen atoms in total. The SMILES string of the molecule is C[C@H](O)c1ccc(Sc2ccc(Br)cn2)cc1Br. The fourth-order valence-corrected chi connectivity index (χ4v) is 3.35. The number of benzene rings is 1. The maximum Gasteiger partial charge on any atom is 0.101 e. The van der Waals surface area contributed by atoms with E-state index in [1.54, 1.807) is 24.9 Å². The van der Waals surface area contributed by atoms with Crippen LogP contribution in [0.25, 0.3) is 0 Å². The van der Waals surface area contributed by atoms with Crippen molar-refractivity contribution in [2.75, 3.05) is 0 Å². The van der Waals surface area contributed by atoms with E-state index in [2.05, 4.69) is 36.8 Å². The van der Waals surface area contributed by atoms with Crippen LogP contribution in [0.2, 0.25) is 0 Å². The van der Waals surface area contributed by atoms with Crippen LogP contribution in [0.1, 0.15) is 18.6 Å². The summed E-state index contributed by atoms with van der Waals surface area (Å²) in [4.78, 5) is 5.40. The van der Waals surface area contributed by atoms with Crippen molar-refractivity contribution >= 4 is 43.6 Å². The lowest BCUT2D eigenvalue weighted by Crippen LogP contribution is -1.92. The Labute approximate surface area is 127 Å². The molecule has 0 radical (unpaired) electrons. The molecular weight excluding hydrogens is 378 g/mol. The molecule has 0 aliphatic carbocycles. The zero-order chi connectivity index (χ0) is 13.1. The third kappa shape index (κ3) is 3.57. The third-order valence-electron chi connectivity index (χ3n) is 2.34. The molecule has 0 spiro atoms. The largest absolute Gasteiger partial charge is 0.389 e. The van der Waals surface area contributed by atoms with Gasteiger partial charge in [0.25, 0.3) is 0 Å². The molecule has 0 bridgehead atoms. The van der Waals surface area contributed by atoms with Crippen LogP contribution < -0.4 is 0 Å². The molecule has 5 heteroatoms. The first kappa shape index (κ1) is 14.1. The molecule has 2 rings (SSSR count). The van der Waals surface area contributed by atoms with Crippen LogP contribution in [0.5, 0.6) is 0 Å². The van der Waals surface area contributed by atoms with E-state index >= 15 is 0 Å². The van der Waals surface area contributed by atoms with Gasteiger partial charge >= 0.3 is 0 Å². The number of halogens is 2. The van der Waals surface area contributed by atoms with Gasteiger partial charge in [-0.1, -0.05) is 33.8 Å². The second-order valence-electron chi connectivity index (χ2n) is 3.78. The average molecular weight is 389 g/mol. The van der Waals surface area contributed by atoms with E-state index in [-0.39, 0.29) is 0 Å². The fraction of sp³-hybridized carbons (Fsp3) is 0.154. The van der Waals surface area contributed by atoms with Gasteiger partial charge in [0.05, 0.1) is 6.10 Å². The predicted octanol–water partition coefficient (Wildman–Crippen LogP) is 4.81. The highest BCUT2D eigenvalue weighted by Crippen LogP contribution is 2.32. The topological polar surface area (TPSA) is 33.1 Å². The van der Waals surface area contributed by atoms with Crippen molar-refractivity contribution in [2.24, 2.45) is 0 Å². The quantitative estimate of drug-likeness (QED) is 0.818. The number of aliphatic hydroxyl groups excluding tert-OH is 1. The smallest absolute Gasteiger partial charge is 0.101 e. The maximum absolute atomic E-state index is 9.56. The molecule has 0 fully saturated rings. The summed E-state index contributed by atoms with van der Waals surface area (Å²) in [5.41, 5.74) is 0.892. The summed E-state index contributed by atoms with van der Waals surface area (Å²) < 4.78 is 1.89. The first-order valence-corrected chi connectivity index (χ1v) is 7.73. The Morgan fingerprint density at radius 1 is 1.22 bits per heavy atom. The summed E-state index contributed by atoms with van der Waals surface area (Å²) in [7, 11) is 0. The van der Waals surface area contributed by atoms with Gasteiger partial charge in [-0.15, -0.1) is 0 Å². The highest BCUT2D eigenvalue weighted by Gasteiger charge is 2.07. The molecule has 94 valence electrons. The van der Waals surface area contributed by atoms with Crippen molar-refractivity contribution in [3.05, 3.63) is 51.0 Å². The van der Waals surface area contributed by atoms with E-state index in [0.29, 0.717) is 0 Å². The van der Waals surface area contributed by atoms with E-state index < -0.39 is 6.10 Å². The van der Waals surface area contributed by atoms with Gasteiger partial charge in [0, 0.05) is 20.0 Å². The Hall–Kier alpha value is -0.360. The van der Waals surface area contributed by atoms with E-state index in [1.165, 1.54) is 0 Å². The van der Waals surface area contributed by atoms with Gasteiger partial charge in [0.2, 0.25) is 0 Å². The maximum atomic E-state index is 9.56. The van der Waals surface area contributed by atoms with Crippen molar-refractivity contribution < 1.29 is 5.11 Å². The molecule has 0 saturated carbocycles. The second kappa shape index (κ2) is 6.19. The normalized spacial score (nSPS) is 12.4. The minimum Gasteiger partial charge on any atom is -0.389 e. The van der Waals surface area contributed by atoms with Crippen LogP contribution in [0.15, 0.2) is 55.4 Å². The average Bonchev–Trinajstić information content (AvgIpc) is 2.32. The van der Waals surface area contributed by atoms with Crippen molar-refractivity contribution in [3.8, 4) is 0 Å². The molecule has 1 N–H and O–H groups in total. The van der Waals surface area contributed by atoms with Crippen LogP contribution in [-0.2, 0) is 0 Å². The number of nitrogens with zero attached hydrogens (tertiary/aromatic N) is 1. The summed E-state index contributed by atoms with van der Waals surface area (Å²) in [5.74, 6) is 0. The lowest BCUT2D eigenvalue weighted by Gasteiger charge is -2.09. The van der Waals surface area contributed by atoms with Gasteiger partial charge < -0.3 is 5.11 Å².